The number of hydrogen-bond acceptors (Lipinski definition) is 8. The zero-order chi connectivity index (χ0) is 22.2. The molecule has 4 atom stereocenters. The number of fused-ring (bicyclic) bond motifs is 1. The zero-order valence-corrected chi connectivity index (χ0v) is 18.1. The van der Waals surface area contributed by atoms with Gasteiger partial charge < -0.3 is 18.9 Å². The van der Waals surface area contributed by atoms with Crippen LogP contribution in [-0.4, -0.2) is 62.7 Å². The third-order valence-corrected chi connectivity index (χ3v) is 5.94. The smallest absolute Gasteiger partial charge is 0.326 e. The summed E-state index contributed by atoms with van der Waals surface area (Å²) >= 11 is 0. The summed E-state index contributed by atoms with van der Waals surface area (Å²) < 4.78 is 21.5. The predicted octanol–water partition coefficient (Wildman–Crippen LogP) is 1.30. The summed E-state index contributed by atoms with van der Waals surface area (Å²) in [6, 6.07) is 2.82. The number of amides is 2. The average Bonchev–Trinajstić information content (AvgIpc) is 3.20. The van der Waals surface area contributed by atoms with E-state index < -0.39 is 29.4 Å². The van der Waals surface area contributed by atoms with E-state index in [0.717, 1.165) is 0 Å². The van der Waals surface area contributed by atoms with Crippen molar-refractivity contribution >= 4 is 17.8 Å². The van der Waals surface area contributed by atoms with Gasteiger partial charge in [-0.3, -0.25) is 24.6 Å². The van der Waals surface area contributed by atoms with E-state index in [-0.39, 0.29) is 25.0 Å². The molecule has 164 valence electrons. The number of carbonyl (C=O) groups is 3. The first-order valence-electron chi connectivity index (χ1n) is 9.88. The highest BCUT2D eigenvalue weighted by molar-refractivity contribution is 6.09. The Morgan fingerprint density at radius 3 is 2.13 bits per heavy atom. The van der Waals surface area contributed by atoms with Crippen LogP contribution < -0.4 is 19.5 Å². The molecular weight excluding hydrogens is 392 g/mol. The lowest BCUT2D eigenvalue weighted by molar-refractivity contribution is -0.155. The minimum Gasteiger partial charge on any atom is -0.493 e. The SMILES string of the molecule is CCOC(=O)[C@]1(C)N[C@H](c2cc(OC)c(OC)c(OC)c2)[C@H]2C(=O)N(CC)C(=O)[C@@H]21. The van der Waals surface area contributed by atoms with Crippen LogP contribution in [0.3, 0.4) is 0 Å². The number of hydrogen-bond donors (Lipinski definition) is 1. The van der Waals surface area contributed by atoms with Gasteiger partial charge in [-0.15, -0.1) is 0 Å². The zero-order valence-electron chi connectivity index (χ0n) is 18.1. The largest absolute Gasteiger partial charge is 0.493 e. The molecule has 9 heteroatoms. The Kier molecular flexibility index (Phi) is 5.94. The van der Waals surface area contributed by atoms with E-state index in [9.17, 15) is 14.4 Å². The van der Waals surface area contributed by atoms with Crippen molar-refractivity contribution in [3.05, 3.63) is 17.7 Å². The Bertz CT molecular complexity index is 846. The number of ether oxygens (including phenoxy) is 4. The fourth-order valence-corrected chi connectivity index (χ4v) is 4.55. The van der Waals surface area contributed by atoms with Crippen molar-refractivity contribution in [1.29, 1.82) is 0 Å². The maximum atomic E-state index is 13.1. The molecule has 0 aliphatic carbocycles. The number of nitrogens with one attached hydrogen (secondary N) is 1. The Morgan fingerprint density at radius 1 is 1.07 bits per heavy atom. The van der Waals surface area contributed by atoms with E-state index >= 15 is 0 Å². The van der Waals surface area contributed by atoms with Crippen LogP contribution in [0.2, 0.25) is 0 Å². The molecule has 0 bridgehead atoms. The molecule has 1 aromatic rings. The van der Waals surface area contributed by atoms with Gasteiger partial charge in [0.1, 0.15) is 5.54 Å². The topological polar surface area (TPSA) is 103 Å². The number of esters is 1. The molecule has 0 saturated carbocycles. The van der Waals surface area contributed by atoms with Crippen molar-refractivity contribution in [2.75, 3.05) is 34.5 Å². The summed E-state index contributed by atoms with van der Waals surface area (Å²) in [4.78, 5) is 40.3. The quantitative estimate of drug-likeness (QED) is 0.520. The summed E-state index contributed by atoms with van der Waals surface area (Å²) in [5.74, 6) is -1.62. The van der Waals surface area contributed by atoms with Crippen LogP contribution in [0.5, 0.6) is 17.2 Å². The third-order valence-electron chi connectivity index (χ3n) is 5.94. The van der Waals surface area contributed by atoms with Crippen LogP contribution in [0, 0.1) is 11.8 Å². The molecule has 2 heterocycles. The molecule has 0 radical (unpaired) electrons. The molecule has 1 N–H and O–H groups in total. The molecular formula is C21H28N2O7. The van der Waals surface area contributed by atoms with Crippen molar-refractivity contribution in [3.63, 3.8) is 0 Å². The Balaban J connectivity index is 2.15. The molecule has 9 nitrogen and oxygen atoms in total. The second-order valence-corrected chi connectivity index (χ2v) is 7.43. The summed E-state index contributed by atoms with van der Waals surface area (Å²) in [5.41, 5.74) is -0.700. The van der Waals surface area contributed by atoms with Gasteiger partial charge in [0.15, 0.2) is 11.5 Å². The average molecular weight is 420 g/mol. The number of benzene rings is 1. The lowest BCUT2D eigenvalue weighted by atomic mass is 9.80. The lowest BCUT2D eigenvalue weighted by Gasteiger charge is -2.29. The number of imide groups is 1. The molecule has 3 rings (SSSR count). The summed E-state index contributed by atoms with van der Waals surface area (Å²) in [7, 11) is 4.50. The maximum absolute atomic E-state index is 13.1. The highest BCUT2D eigenvalue weighted by Crippen LogP contribution is 2.51. The van der Waals surface area contributed by atoms with E-state index in [2.05, 4.69) is 5.32 Å². The summed E-state index contributed by atoms with van der Waals surface area (Å²) in [6.45, 7) is 5.46. The minimum absolute atomic E-state index is 0.169. The van der Waals surface area contributed by atoms with Crippen LogP contribution in [0.4, 0.5) is 0 Å². The number of carbonyl (C=O) groups excluding carboxylic acids is 3. The van der Waals surface area contributed by atoms with Gasteiger partial charge in [-0.1, -0.05) is 0 Å². The van der Waals surface area contributed by atoms with E-state index in [4.69, 9.17) is 18.9 Å². The van der Waals surface area contributed by atoms with Crippen LogP contribution in [0.15, 0.2) is 12.1 Å². The predicted molar refractivity (Wildman–Crippen MR) is 106 cm³/mol. The van der Waals surface area contributed by atoms with Gasteiger partial charge in [-0.25, -0.2) is 0 Å². The van der Waals surface area contributed by atoms with Crippen molar-refractivity contribution in [1.82, 2.24) is 10.2 Å². The summed E-state index contributed by atoms with van der Waals surface area (Å²) in [5, 5.41) is 3.22. The molecule has 2 aliphatic heterocycles. The first-order valence-corrected chi connectivity index (χ1v) is 9.88. The molecule has 2 saturated heterocycles. The normalized spacial score (nSPS) is 27.8. The van der Waals surface area contributed by atoms with Gasteiger partial charge in [0.25, 0.3) is 0 Å². The van der Waals surface area contributed by atoms with Crippen molar-refractivity contribution in [2.45, 2.75) is 32.4 Å². The molecule has 0 aromatic heterocycles. The van der Waals surface area contributed by atoms with E-state index in [0.29, 0.717) is 22.8 Å². The molecule has 2 fully saturated rings. The highest BCUT2D eigenvalue weighted by Gasteiger charge is 2.66. The van der Waals surface area contributed by atoms with E-state index in [1.807, 2.05) is 0 Å². The Morgan fingerprint density at radius 2 is 1.67 bits per heavy atom. The molecule has 2 amide bonds. The van der Waals surface area contributed by atoms with Crippen molar-refractivity contribution in [3.8, 4) is 17.2 Å². The van der Waals surface area contributed by atoms with Crippen LogP contribution in [0.25, 0.3) is 0 Å². The van der Waals surface area contributed by atoms with E-state index in [1.54, 1.807) is 32.9 Å². The number of nitrogens with zero attached hydrogens (tertiary/aromatic N) is 1. The van der Waals surface area contributed by atoms with Gasteiger partial charge in [-0.05, 0) is 38.5 Å². The first-order chi connectivity index (χ1) is 14.3. The Labute approximate surface area is 175 Å². The van der Waals surface area contributed by atoms with Crippen molar-refractivity contribution < 1.29 is 33.3 Å². The Hall–Kier alpha value is -2.81. The molecule has 30 heavy (non-hydrogen) atoms. The minimum atomic E-state index is -1.34. The number of likely N-dealkylation sites (tertiary alicyclic amines) is 1. The second kappa shape index (κ2) is 8.14. The molecule has 0 unspecified atom stereocenters. The van der Waals surface area contributed by atoms with Gasteiger partial charge >= 0.3 is 5.97 Å². The van der Waals surface area contributed by atoms with Gasteiger partial charge in [0.2, 0.25) is 17.6 Å². The van der Waals surface area contributed by atoms with Crippen LogP contribution >= 0.6 is 0 Å². The number of rotatable bonds is 7. The van der Waals surface area contributed by atoms with Crippen molar-refractivity contribution in [2.24, 2.45) is 11.8 Å². The maximum Gasteiger partial charge on any atom is 0.326 e. The van der Waals surface area contributed by atoms with Crippen LogP contribution in [0.1, 0.15) is 32.4 Å². The molecule has 1 aromatic carbocycles. The summed E-state index contributed by atoms with van der Waals surface area (Å²) in [6.07, 6.45) is 0. The van der Waals surface area contributed by atoms with E-state index in [1.165, 1.54) is 26.2 Å². The lowest BCUT2D eigenvalue weighted by Crippen LogP contribution is -2.54. The first kappa shape index (κ1) is 21.9. The third kappa shape index (κ3) is 3.08. The monoisotopic (exact) mass is 420 g/mol. The standard InChI is InChI=1S/C21H28N2O7/c1-7-23-18(24)14-15(19(23)25)21(3,20(26)30-8-2)22-16(14)11-9-12(27-4)17(29-6)13(10-11)28-5/h9-10,14-16,22H,7-8H2,1-6H3/t14-,15+,16+,21+/m0/s1. The number of methoxy groups -OCH3 is 3. The fraction of sp³-hybridized carbons (Fsp3) is 0.571. The fourth-order valence-electron chi connectivity index (χ4n) is 4.55. The van der Waals surface area contributed by atoms with Crippen LogP contribution in [-0.2, 0) is 19.1 Å². The molecule has 0 spiro atoms. The van der Waals surface area contributed by atoms with Gasteiger partial charge in [0.05, 0.1) is 39.8 Å². The highest BCUT2D eigenvalue weighted by atomic mass is 16.5. The second-order valence-electron chi connectivity index (χ2n) is 7.43. The molecule has 2 aliphatic rings. The van der Waals surface area contributed by atoms with Gasteiger partial charge in [-0.2, -0.15) is 0 Å². The van der Waals surface area contributed by atoms with Gasteiger partial charge in [0, 0.05) is 12.6 Å².